The maximum Gasteiger partial charge on any atom is 0.534 e. The molecule has 0 saturated carbocycles. The highest BCUT2D eigenvalue weighted by molar-refractivity contribution is 7.88. The average molecular weight is 390 g/mol. The van der Waals surface area contributed by atoms with E-state index in [1.165, 1.54) is 12.1 Å². The van der Waals surface area contributed by atoms with Gasteiger partial charge in [-0.2, -0.15) is 21.6 Å². The lowest BCUT2D eigenvalue weighted by Gasteiger charge is -2.12. The molecule has 0 unspecified atom stereocenters. The topological polar surface area (TPSA) is 98.3 Å². The van der Waals surface area contributed by atoms with E-state index in [9.17, 15) is 26.4 Å². The number of methoxy groups -OCH3 is 1. The molecule has 0 aliphatic rings. The lowest BCUT2D eigenvalue weighted by atomic mass is 10.1. The fourth-order valence-corrected chi connectivity index (χ4v) is 2.34. The van der Waals surface area contributed by atoms with Crippen molar-refractivity contribution in [1.29, 1.82) is 0 Å². The van der Waals surface area contributed by atoms with Gasteiger partial charge in [0, 0.05) is 18.8 Å². The smallest absolute Gasteiger partial charge is 0.465 e. The third kappa shape index (κ3) is 4.63. The van der Waals surface area contributed by atoms with Gasteiger partial charge in [-0.3, -0.25) is 0 Å². The summed E-state index contributed by atoms with van der Waals surface area (Å²) in [5.41, 5.74) is -5.77. The SMILES string of the molecule is COC(=O)c1ccc(C=CCc2ncc[nH]2)cc1OS(=O)(=O)C(F)(F)F. The van der Waals surface area contributed by atoms with Gasteiger partial charge in [0.15, 0.2) is 5.75 Å². The number of aromatic nitrogens is 2. The van der Waals surface area contributed by atoms with Crippen molar-refractivity contribution >= 4 is 22.2 Å². The van der Waals surface area contributed by atoms with Crippen molar-refractivity contribution in [2.75, 3.05) is 7.11 Å². The molecule has 1 aromatic heterocycles. The second-order valence-corrected chi connectivity index (χ2v) is 6.41. The standard InChI is InChI=1S/C15H13F3N2O5S/c1-24-14(21)11-6-5-10(3-2-4-13-19-7-8-20-13)9-12(11)25-26(22,23)15(16,17)18/h2-3,5-9H,4H2,1H3,(H,19,20). The number of esters is 1. The zero-order valence-electron chi connectivity index (χ0n) is 13.3. The minimum absolute atomic E-state index is 0.316. The molecule has 0 amide bonds. The van der Waals surface area contributed by atoms with Gasteiger partial charge in [0.2, 0.25) is 0 Å². The summed E-state index contributed by atoms with van der Waals surface area (Å²) in [7, 11) is -4.93. The van der Waals surface area contributed by atoms with Crippen molar-refractivity contribution in [2.45, 2.75) is 11.9 Å². The Morgan fingerprint density at radius 2 is 2.08 bits per heavy atom. The molecule has 26 heavy (non-hydrogen) atoms. The Labute approximate surface area is 146 Å². The highest BCUT2D eigenvalue weighted by atomic mass is 32.2. The molecule has 140 valence electrons. The molecular formula is C15H13F3N2O5S. The van der Waals surface area contributed by atoms with E-state index in [1.54, 1.807) is 18.5 Å². The number of aromatic amines is 1. The molecule has 0 radical (unpaired) electrons. The van der Waals surface area contributed by atoms with E-state index in [4.69, 9.17) is 0 Å². The number of carbonyl (C=O) groups excluding carboxylic acids is 1. The van der Waals surface area contributed by atoms with E-state index < -0.39 is 32.9 Å². The fraction of sp³-hybridized carbons (Fsp3) is 0.200. The summed E-state index contributed by atoms with van der Waals surface area (Å²) in [4.78, 5) is 18.5. The molecule has 0 spiro atoms. The van der Waals surface area contributed by atoms with Gasteiger partial charge in [-0.15, -0.1) is 0 Å². The van der Waals surface area contributed by atoms with E-state index in [1.807, 2.05) is 0 Å². The molecule has 11 heteroatoms. The number of alkyl halides is 3. The van der Waals surface area contributed by atoms with Crippen LogP contribution in [0.1, 0.15) is 21.7 Å². The Kier molecular flexibility index (Phi) is 5.70. The molecule has 0 aliphatic heterocycles. The highest BCUT2D eigenvalue weighted by Crippen LogP contribution is 2.30. The number of H-pyrrole nitrogens is 1. The number of halogens is 3. The van der Waals surface area contributed by atoms with Crippen LogP contribution in [0.3, 0.4) is 0 Å². The first-order valence-electron chi connectivity index (χ1n) is 7.02. The quantitative estimate of drug-likeness (QED) is 0.463. The molecule has 2 aromatic rings. The van der Waals surface area contributed by atoms with E-state index >= 15 is 0 Å². The van der Waals surface area contributed by atoms with Gasteiger partial charge in [0.25, 0.3) is 0 Å². The van der Waals surface area contributed by atoms with E-state index in [2.05, 4.69) is 18.9 Å². The second-order valence-electron chi connectivity index (χ2n) is 4.87. The summed E-state index contributed by atoms with van der Waals surface area (Å²) in [6.07, 6.45) is 6.75. The van der Waals surface area contributed by atoms with Crippen LogP contribution in [0.15, 0.2) is 36.7 Å². The fourth-order valence-electron chi connectivity index (χ4n) is 1.87. The van der Waals surface area contributed by atoms with Crippen molar-refractivity contribution in [3.05, 3.63) is 53.6 Å². The average Bonchev–Trinajstić information content (AvgIpc) is 3.06. The summed E-state index contributed by atoms with van der Waals surface area (Å²) < 4.78 is 68.6. The zero-order valence-corrected chi connectivity index (χ0v) is 14.1. The van der Waals surface area contributed by atoms with Crippen LogP contribution in [0, 0.1) is 0 Å². The van der Waals surface area contributed by atoms with Crippen molar-refractivity contribution < 1.29 is 35.3 Å². The second kappa shape index (κ2) is 7.60. The lowest BCUT2D eigenvalue weighted by Crippen LogP contribution is -2.28. The Morgan fingerprint density at radius 1 is 1.35 bits per heavy atom. The molecule has 1 N–H and O–H groups in total. The van der Waals surface area contributed by atoms with Crippen LogP contribution in [0.5, 0.6) is 5.75 Å². The molecule has 1 heterocycles. The van der Waals surface area contributed by atoms with Gasteiger partial charge >= 0.3 is 21.6 Å². The number of carbonyl (C=O) groups is 1. The molecule has 0 atom stereocenters. The number of ether oxygens (including phenoxy) is 1. The van der Waals surface area contributed by atoms with Gasteiger partial charge < -0.3 is 13.9 Å². The Morgan fingerprint density at radius 3 is 2.65 bits per heavy atom. The Balaban J connectivity index is 2.33. The molecule has 0 fully saturated rings. The first-order chi connectivity index (χ1) is 12.1. The van der Waals surface area contributed by atoms with Gasteiger partial charge in [-0.25, -0.2) is 9.78 Å². The van der Waals surface area contributed by atoms with Crippen molar-refractivity contribution in [3.8, 4) is 5.75 Å². The number of hydrogen-bond donors (Lipinski definition) is 1. The Bertz CT molecular complexity index is 906. The van der Waals surface area contributed by atoms with E-state index in [-0.39, 0.29) is 0 Å². The van der Waals surface area contributed by atoms with Crippen molar-refractivity contribution in [2.24, 2.45) is 0 Å². The third-order valence-corrected chi connectivity index (χ3v) is 4.04. The van der Waals surface area contributed by atoms with Gasteiger partial charge in [-0.1, -0.05) is 18.2 Å². The van der Waals surface area contributed by atoms with Crippen LogP contribution in [-0.2, 0) is 21.3 Å². The summed E-state index contributed by atoms with van der Waals surface area (Å²) in [6.45, 7) is 0. The first-order valence-corrected chi connectivity index (χ1v) is 8.43. The van der Waals surface area contributed by atoms with Gasteiger partial charge in [0.1, 0.15) is 11.4 Å². The zero-order chi connectivity index (χ0) is 19.4. The molecule has 0 bridgehead atoms. The van der Waals surface area contributed by atoms with Crippen LogP contribution in [0.4, 0.5) is 13.2 Å². The number of benzene rings is 1. The maximum atomic E-state index is 12.5. The normalized spacial score (nSPS) is 12.3. The molecule has 0 aliphatic carbocycles. The number of rotatable bonds is 6. The minimum Gasteiger partial charge on any atom is -0.465 e. The summed E-state index contributed by atoms with van der Waals surface area (Å²) >= 11 is 0. The predicted molar refractivity (Wildman–Crippen MR) is 84.7 cm³/mol. The van der Waals surface area contributed by atoms with Crippen LogP contribution in [-0.4, -0.2) is 37.0 Å². The maximum absolute atomic E-state index is 12.5. The van der Waals surface area contributed by atoms with Gasteiger partial charge in [-0.05, 0) is 17.7 Å². The number of hydrogen-bond acceptors (Lipinski definition) is 6. The highest BCUT2D eigenvalue weighted by Gasteiger charge is 2.49. The van der Waals surface area contributed by atoms with Crippen LogP contribution < -0.4 is 4.18 Å². The number of imidazole rings is 1. The lowest BCUT2D eigenvalue weighted by molar-refractivity contribution is -0.0500. The summed E-state index contributed by atoms with van der Waals surface area (Å²) in [5, 5.41) is 0. The summed E-state index contributed by atoms with van der Waals surface area (Å²) in [5.74, 6) is -1.17. The number of allylic oxidation sites excluding steroid dienone is 1. The van der Waals surface area contributed by atoms with Crippen LogP contribution in [0.25, 0.3) is 6.08 Å². The molecule has 1 aromatic carbocycles. The molecule has 7 nitrogen and oxygen atoms in total. The minimum atomic E-state index is -5.93. The number of nitrogens with one attached hydrogen (secondary N) is 1. The van der Waals surface area contributed by atoms with Crippen molar-refractivity contribution in [1.82, 2.24) is 9.97 Å². The Hall–Kier alpha value is -2.82. The predicted octanol–water partition coefficient (Wildman–Crippen LogP) is 2.68. The third-order valence-electron chi connectivity index (χ3n) is 3.07. The van der Waals surface area contributed by atoms with Crippen LogP contribution in [0.2, 0.25) is 0 Å². The van der Waals surface area contributed by atoms with Crippen molar-refractivity contribution in [3.63, 3.8) is 0 Å². The van der Waals surface area contributed by atoms with Gasteiger partial charge in [0.05, 0.1) is 7.11 Å². The van der Waals surface area contributed by atoms with Crippen LogP contribution >= 0.6 is 0 Å². The molecule has 0 saturated heterocycles. The molecular weight excluding hydrogens is 377 g/mol. The number of nitrogens with zero attached hydrogens (tertiary/aromatic N) is 1. The van der Waals surface area contributed by atoms with E-state index in [0.29, 0.717) is 17.8 Å². The largest absolute Gasteiger partial charge is 0.534 e. The van der Waals surface area contributed by atoms with E-state index in [0.717, 1.165) is 19.2 Å². The first kappa shape index (κ1) is 19.5. The summed E-state index contributed by atoms with van der Waals surface area (Å²) in [6, 6.07) is 3.51. The molecule has 2 rings (SSSR count). The monoisotopic (exact) mass is 390 g/mol.